The summed E-state index contributed by atoms with van der Waals surface area (Å²) in [6.07, 6.45) is 2.08. The van der Waals surface area contributed by atoms with Crippen LogP contribution >= 0.6 is 23.4 Å². The summed E-state index contributed by atoms with van der Waals surface area (Å²) in [5, 5.41) is 13.4. The summed E-state index contributed by atoms with van der Waals surface area (Å²) in [6, 6.07) is 18.1. The first kappa shape index (κ1) is 17.0. The first-order chi connectivity index (χ1) is 12.2. The lowest BCUT2D eigenvalue weighted by molar-refractivity contribution is -0.531. The van der Waals surface area contributed by atoms with Gasteiger partial charge >= 0.3 is 5.17 Å². The van der Waals surface area contributed by atoms with E-state index in [1.54, 1.807) is 0 Å². The van der Waals surface area contributed by atoms with Crippen molar-refractivity contribution in [3.63, 3.8) is 0 Å². The number of nitrogens with zero attached hydrogens (tertiary/aromatic N) is 2. The van der Waals surface area contributed by atoms with Gasteiger partial charge in [0.2, 0.25) is 0 Å². The van der Waals surface area contributed by atoms with Gasteiger partial charge in [-0.1, -0.05) is 54.1 Å². The minimum absolute atomic E-state index is 0.601. The van der Waals surface area contributed by atoms with Crippen molar-refractivity contribution in [2.45, 2.75) is 18.6 Å². The van der Waals surface area contributed by atoms with Crippen LogP contribution in [0.15, 0.2) is 54.6 Å². The molecule has 1 fully saturated rings. The number of halogens is 1. The summed E-state index contributed by atoms with van der Waals surface area (Å²) in [7, 11) is 0. The highest BCUT2D eigenvalue weighted by atomic mass is 35.5. The Morgan fingerprint density at radius 1 is 1.12 bits per heavy atom. The van der Waals surface area contributed by atoms with Crippen molar-refractivity contribution in [2.24, 2.45) is 0 Å². The SMILES string of the molecule is O[C@@]1(c2ccc(Cl)cc2)C[N+](CCc2ccccc2)=C2SCCCN21. The molecule has 2 aromatic rings. The lowest BCUT2D eigenvalue weighted by atomic mass is 10.0. The van der Waals surface area contributed by atoms with E-state index in [-0.39, 0.29) is 0 Å². The van der Waals surface area contributed by atoms with Crippen molar-refractivity contribution in [1.82, 2.24) is 4.90 Å². The second-order valence-electron chi connectivity index (χ2n) is 6.62. The number of β-amino-alcohol motifs (C(OH)–C–C–N with tert-alkyl or cyclic N) is 1. The van der Waals surface area contributed by atoms with Crippen LogP contribution < -0.4 is 0 Å². The van der Waals surface area contributed by atoms with Gasteiger partial charge in [0, 0.05) is 22.8 Å². The highest BCUT2D eigenvalue weighted by Crippen LogP contribution is 2.37. The first-order valence-electron chi connectivity index (χ1n) is 8.71. The molecule has 1 saturated heterocycles. The molecule has 0 aromatic heterocycles. The lowest BCUT2D eigenvalue weighted by Gasteiger charge is -2.30. The molecule has 2 aromatic carbocycles. The fraction of sp³-hybridized carbons (Fsp3) is 0.350. The van der Waals surface area contributed by atoms with Crippen LogP contribution in [0.3, 0.4) is 0 Å². The molecular weight excluding hydrogens is 352 g/mol. The van der Waals surface area contributed by atoms with E-state index in [0.717, 1.165) is 37.2 Å². The third-order valence-electron chi connectivity index (χ3n) is 4.94. The molecule has 0 aliphatic carbocycles. The second kappa shape index (κ2) is 7.02. The summed E-state index contributed by atoms with van der Waals surface area (Å²) in [5.41, 5.74) is 1.28. The summed E-state index contributed by atoms with van der Waals surface area (Å²) in [5.74, 6) is 1.12. The van der Waals surface area contributed by atoms with Crippen LogP contribution in [0.1, 0.15) is 17.5 Å². The largest absolute Gasteiger partial charge is 0.346 e. The van der Waals surface area contributed by atoms with Crippen molar-refractivity contribution in [2.75, 3.05) is 25.4 Å². The third kappa shape index (κ3) is 3.31. The maximum atomic E-state index is 11.5. The molecule has 4 rings (SSSR count). The molecule has 3 nitrogen and oxygen atoms in total. The number of rotatable bonds is 4. The van der Waals surface area contributed by atoms with Gasteiger partial charge in [-0.25, -0.2) is 9.48 Å². The molecule has 0 amide bonds. The quantitative estimate of drug-likeness (QED) is 0.830. The Bertz CT molecular complexity index is 778. The van der Waals surface area contributed by atoms with Crippen LogP contribution in [0, 0.1) is 0 Å². The Morgan fingerprint density at radius 3 is 2.64 bits per heavy atom. The molecule has 2 heterocycles. The standard InChI is InChI=1S/C20H22ClN2OS/c21-18-9-7-17(8-10-18)20(24)15-22(19-23(20)12-4-14-25-19)13-11-16-5-2-1-3-6-16/h1-3,5-10,24H,4,11-15H2/q+1/t20-/m1/s1. The van der Waals surface area contributed by atoms with E-state index < -0.39 is 5.72 Å². The minimum atomic E-state index is -0.968. The molecule has 0 unspecified atom stereocenters. The molecule has 0 spiro atoms. The zero-order valence-corrected chi connectivity index (χ0v) is 15.6. The van der Waals surface area contributed by atoms with E-state index in [9.17, 15) is 5.11 Å². The lowest BCUT2D eigenvalue weighted by Crippen LogP contribution is -2.48. The van der Waals surface area contributed by atoms with E-state index in [2.05, 4.69) is 33.7 Å². The van der Waals surface area contributed by atoms with Crippen molar-refractivity contribution in [1.29, 1.82) is 0 Å². The smallest absolute Gasteiger partial charge is 0.311 e. The number of aliphatic hydroxyl groups is 1. The van der Waals surface area contributed by atoms with E-state index in [1.807, 2.05) is 42.1 Å². The van der Waals surface area contributed by atoms with Gasteiger partial charge < -0.3 is 5.11 Å². The third-order valence-corrected chi connectivity index (χ3v) is 6.42. The van der Waals surface area contributed by atoms with E-state index in [1.165, 1.54) is 10.7 Å². The van der Waals surface area contributed by atoms with Gasteiger partial charge in [-0.2, -0.15) is 0 Å². The van der Waals surface area contributed by atoms with Gasteiger partial charge in [-0.15, -0.1) is 0 Å². The maximum absolute atomic E-state index is 11.5. The molecule has 0 bridgehead atoms. The number of amidine groups is 1. The van der Waals surface area contributed by atoms with E-state index in [0.29, 0.717) is 11.6 Å². The molecule has 0 radical (unpaired) electrons. The number of hydrogen-bond acceptors (Lipinski definition) is 3. The highest BCUT2D eigenvalue weighted by molar-refractivity contribution is 8.13. The van der Waals surface area contributed by atoms with Gasteiger partial charge in [-0.05, 0) is 35.9 Å². The van der Waals surface area contributed by atoms with Gasteiger partial charge in [0.15, 0.2) is 6.54 Å². The summed E-state index contributed by atoms with van der Waals surface area (Å²) >= 11 is 7.89. The van der Waals surface area contributed by atoms with E-state index >= 15 is 0 Å². The molecule has 2 aliphatic rings. The number of hydrogen-bond donors (Lipinski definition) is 1. The molecule has 2 aliphatic heterocycles. The van der Waals surface area contributed by atoms with Gasteiger partial charge in [0.25, 0.3) is 5.72 Å². The molecule has 1 N–H and O–H groups in total. The van der Waals surface area contributed by atoms with Gasteiger partial charge in [-0.3, -0.25) is 0 Å². The van der Waals surface area contributed by atoms with Crippen molar-refractivity contribution in [3.8, 4) is 0 Å². The molecular formula is C20H22ClN2OS+. The van der Waals surface area contributed by atoms with Crippen LogP contribution in [0.2, 0.25) is 5.02 Å². The van der Waals surface area contributed by atoms with E-state index in [4.69, 9.17) is 11.6 Å². The monoisotopic (exact) mass is 373 g/mol. The van der Waals surface area contributed by atoms with Crippen LogP contribution in [0.4, 0.5) is 0 Å². The Morgan fingerprint density at radius 2 is 1.88 bits per heavy atom. The fourth-order valence-electron chi connectivity index (χ4n) is 3.63. The van der Waals surface area contributed by atoms with Crippen molar-refractivity contribution < 1.29 is 9.68 Å². The first-order valence-corrected chi connectivity index (χ1v) is 10.1. The summed E-state index contributed by atoms with van der Waals surface area (Å²) in [6.45, 7) is 2.41. The number of fused-ring (bicyclic) bond motifs is 1. The Hall–Kier alpha value is -1.49. The molecule has 25 heavy (non-hydrogen) atoms. The fourth-order valence-corrected chi connectivity index (χ4v) is 4.95. The number of thioether (sulfide) groups is 1. The normalized spacial score (nSPS) is 23.0. The minimum Gasteiger partial charge on any atom is -0.346 e. The average molecular weight is 374 g/mol. The van der Waals surface area contributed by atoms with Crippen LogP contribution in [-0.4, -0.2) is 45.1 Å². The predicted octanol–water partition coefficient (Wildman–Crippen LogP) is 3.55. The summed E-state index contributed by atoms with van der Waals surface area (Å²) in [4.78, 5) is 2.18. The van der Waals surface area contributed by atoms with Crippen LogP contribution in [0.25, 0.3) is 0 Å². The van der Waals surface area contributed by atoms with Crippen LogP contribution in [-0.2, 0) is 12.1 Å². The topological polar surface area (TPSA) is 26.5 Å². The van der Waals surface area contributed by atoms with Gasteiger partial charge in [0.1, 0.15) is 0 Å². The van der Waals surface area contributed by atoms with Crippen LogP contribution in [0.5, 0.6) is 0 Å². The highest BCUT2D eigenvalue weighted by Gasteiger charge is 2.53. The molecule has 5 heteroatoms. The second-order valence-corrected chi connectivity index (χ2v) is 8.12. The Balaban J connectivity index is 1.59. The maximum Gasteiger partial charge on any atom is 0.311 e. The molecule has 130 valence electrons. The van der Waals surface area contributed by atoms with Crippen molar-refractivity contribution >= 4 is 28.5 Å². The molecule has 1 atom stereocenters. The van der Waals surface area contributed by atoms with Crippen molar-refractivity contribution in [3.05, 3.63) is 70.7 Å². The summed E-state index contributed by atoms with van der Waals surface area (Å²) < 4.78 is 2.34. The zero-order chi connectivity index (χ0) is 17.3. The predicted molar refractivity (Wildman–Crippen MR) is 104 cm³/mol. The average Bonchev–Trinajstić information content (AvgIpc) is 2.95. The molecule has 0 saturated carbocycles. The number of benzene rings is 2. The van der Waals surface area contributed by atoms with Gasteiger partial charge in [0.05, 0.1) is 13.1 Å². The Labute approximate surface area is 157 Å². The Kier molecular flexibility index (Phi) is 4.76. The zero-order valence-electron chi connectivity index (χ0n) is 14.1.